The van der Waals surface area contributed by atoms with Crippen molar-refractivity contribution >= 4 is 23.1 Å². The summed E-state index contributed by atoms with van der Waals surface area (Å²) in [6.45, 7) is 1.16. The van der Waals surface area contributed by atoms with Gasteiger partial charge in [0.15, 0.2) is 11.5 Å². The molecular formula is C26H23N5O5. The summed E-state index contributed by atoms with van der Waals surface area (Å²) in [5, 5.41) is 9.65. The lowest BCUT2D eigenvalue weighted by Crippen LogP contribution is -2.44. The molecule has 0 atom stereocenters. The number of carbonyl (C=O) groups is 2. The third-order valence-corrected chi connectivity index (χ3v) is 6.40. The number of amides is 2. The Morgan fingerprint density at radius 1 is 0.972 bits per heavy atom. The lowest BCUT2D eigenvalue weighted by molar-refractivity contribution is -0.140. The van der Waals surface area contributed by atoms with Crippen LogP contribution in [0.3, 0.4) is 0 Å². The van der Waals surface area contributed by atoms with Crippen molar-refractivity contribution in [3.8, 4) is 22.9 Å². The Balaban J connectivity index is 1.14. The average Bonchev–Trinajstić information content (AvgIpc) is 3.60. The third-order valence-electron chi connectivity index (χ3n) is 6.40. The van der Waals surface area contributed by atoms with Crippen LogP contribution in [0.25, 0.3) is 17.0 Å². The molecule has 1 aromatic heterocycles. The topological polar surface area (TPSA) is 110 Å². The van der Waals surface area contributed by atoms with Gasteiger partial charge in [0.05, 0.1) is 0 Å². The van der Waals surface area contributed by atoms with Gasteiger partial charge in [0, 0.05) is 31.5 Å². The van der Waals surface area contributed by atoms with E-state index in [1.807, 2.05) is 24.3 Å². The van der Waals surface area contributed by atoms with Crippen LogP contribution in [-0.2, 0) is 9.59 Å². The second-order valence-electron chi connectivity index (χ2n) is 8.67. The number of rotatable bonds is 5. The van der Waals surface area contributed by atoms with E-state index in [0.29, 0.717) is 48.1 Å². The van der Waals surface area contributed by atoms with Gasteiger partial charge in [-0.15, -0.1) is 0 Å². The molecule has 10 heteroatoms. The highest BCUT2D eigenvalue weighted by Crippen LogP contribution is 2.35. The van der Waals surface area contributed by atoms with E-state index in [9.17, 15) is 9.59 Å². The average molecular weight is 486 g/mol. The maximum atomic E-state index is 12.9. The summed E-state index contributed by atoms with van der Waals surface area (Å²) in [5.41, 5.74) is 3.59. The van der Waals surface area contributed by atoms with Crippen LogP contribution in [0.1, 0.15) is 30.7 Å². The molecule has 0 bridgehead atoms. The Bertz CT molecular complexity index is 1380. The molecule has 10 nitrogen and oxygen atoms in total. The van der Waals surface area contributed by atoms with Crippen molar-refractivity contribution < 1.29 is 23.6 Å². The van der Waals surface area contributed by atoms with Gasteiger partial charge in [-0.25, -0.2) is 5.01 Å². The lowest BCUT2D eigenvalue weighted by atomic mass is 9.99. The van der Waals surface area contributed by atoms with Gasteiger partial charge >= 0.3 is 0 Å². The molecular weight excluding hydrogens is 462 g/mol. The molecule has 3 aromatic rings. The molecule has 3 aliphatic rings. The van der Waals surface area contributed by atoms with Crippen molar-refractivity contribution in [1.82, 2.24) is 20.0 Å². The van der Waals surface area contributed by atoms with Gasteiger partial charge in [-0.3, -0.25) is 9.59 Å². The first-order valence-electron chi connectivity index (χ1n) is 11.8. The summed E-state index contributed by atoms with van der Waals surface area (Å²) in [6, 6.07) is 15.5. The monoisotopic (exact) mass is 485 g/mol. The zero-order valence-electron chi connectivity index (χ0n) is 19.4. The van der Waals surface area contributed by atoms with E-state index in [1.54, 1.807) is 17.0 Å². The van der Waals surface area contributed by atoms with Crippen molar-refractivity contribution in [1.29, 1.82) is 0 Å². The Morgan fingerprint density at radius 3 is 2.67 bits per heavy atom. The van der Waals surface area contributed by atoms with Crippen LogP contribution < -0.4 is 9.47 Å². The van der Waals surface area contributed by atoms with Gasteiger partial charge in [0.25, 0.3) is 5.89 Å². The first kappa shape index (κ1) is 22.0. The summed E-state index contributed by atoms with van der Waals surface area (Å²) in [6.07, 6.45) is 3.41. The number of hydrogen-bond donors (Lipinski definition) is 0. The fourth-order valence-corrected chi connectivity index (χ4v) is 4.41. The molecule has 182 valence electrons. The van der Waals surface area contributed by atoms with Crippen molar-refractivity contribution in [2.45, 2.75) is 19.3 Å². The fraction of sp³-hybridized carbons (Fsp3) is 0.269. The number of ether oxygens (including phenoxy) is 2. The van der Waals surface area contributed by atoms with Crippen LogP contribution in [0.15, 0.2) is 64.2 Å². The van der Waals surface area contributed by atoms with Crippen LogP contribution in [0, 0.1) is 0 Å². The van der Waals surface area contributed by atoms with Crippen molar-refractivity contribution in [3.05, 3.63) is 66.1 Å². The highest BCUT2D eigenvalue weighted by molar-refractivity contribution is 6.01. The number of aromatic nitrogens is 2. The molecule has 2 amide bonds. The molecule has 2 aromatic carbocycles. The SMILES string of the molecule is O=C(CN1N=C(c2nc(-c3ccc4c(c3)OCO4)no2)CCC1=O)N1CC=C(c2ccccc2)CC1. The number of carbonyl (C=O) groups excluding carboxylic acids is 2. The molecule has 0 aliphatic carbocycles. The first-order chi connectivity index (χ1) is 17.6. The molecule has 0 saturated heterocycles. The Kier molecular flexibility index (Phi) is 5.68. The van der Waals surface area contributed by atoms with Gasteiger partial charge in [-0.05, 0) is 35.8 Å². The Labute approximate surface area is 206 Å². The van der Waals surface area contributed by atoms with Gasteiger partial charge in [-0.1, -0.05) is 41.6 Å². The van der Waals surface area contributed by atoms with Gasteiger partial charge in [0.1, 0.15) is 12.3 Å². The molecule has 0 unspecified atom stereocenters. The number of hydrogen-bond acceptors (Lipinski definition) is 8. The highest BCUT2D eigenvalue weighted by atomic mass is 16.7. The van der Waals surface area contributed by atoms with E-state index in [0.717, 1.165) is 6.42 Å². The quantitative estimate of drug-likeness (QED) is 0.546. The summed E-state index contributed by atoms with van der Waals surface area (Å²) < 4.78 is 16.2. The van der Waals surface area contributed by atoms with Gasteiger partial charge in [0.2, 0.25) is 24.4 Å². The lowest BCUT2D eigenvalue weighted by Gasteiger charge is -2.29. The van der Waals surface area contributed by atoms with Crippen LogP contribution in [-0.4, -0.2) is 64.0 Å². The predicted octanol–water partition coefficient (Wildman–Crippen LogP) is 3.11. The molecule has 0 saturated carbocycles. The summed E-state index contributed by atoms with van der Waals surface area (Å²) in [7, 11) is 0. The Hall–Kier alpha value is -4.47. The van der Waals surface area contributed by atoms with E-state index in [4.69, 9.17) is 14.0 Å². The van der Waals surface area contributed by atoms with Crippen molar-refractivity contribution in [2.24, 2.45) is 5.10 Å². The number of fused-ring (bicyclic) bond motifs is 1. The first-order valence-corrected chi connectivity index (χ1v) is 11.8. The third kappa shape index (κ3) is 4.33. The van der Waals surface area contributed by atoms with Gasteiger partial charge < -0.3 is 18.9 Å². The van der Waals surface area contributed by atoms with E-state index in [1.165, 1.54) is 16.1 Å². The minimum absolute atomic E-state index is 0.125. The zero-order chi connectivity index (χ0) is 24.5. The van der Waals surface area contributed by atoms with E-state index in [2.05, 4.69) is 33.5 Å². The predicted molar refractivity (Wildman–Crippen MR) is 129 cm³/mol. The van der Waals surface area contributed by atoms with Crippen molar-refractivity contribution in [2.75, 3.05) is 26.4 Å². The maximum absolute atomic E-state index is 12.9. The summed E-state index contributed by atoms with van der Waals surface area (Å²) in [4.78, 5) is 31.6. The normalized spacial score (nSPS) is 17.2. The Morgan fingerprint density at radius 2 is 1.83 bits per heavy atom. The minimum Gasteiger partial charge on any atom is -0.454 e. The maximum Gasteiger partial charge on any atom is 0.274 e. The number of hydrazone groups is 1. The second kappa shape index (κ2) is 9.29. The molecule has 36 heavy (non-hydrogen) atoms. The smallest absolute Gasteiger partial charge is 0.274 e. The largest absolute Gasteiger partial charge is 0.454 e. The molecule has 0 spiro atoms. The molecule has 0 N–H and O–H groups in total. The number of nitrogens with zero attached hydrogens (tertiary/aromatic N) is 5. The summed E-state index contributed by atoms with van der Waals surface area (Å²) >= 11 is 0. The summed E-state index contributed by atoms with van der Waals surface area (Å²) in [5.74, 6) is 1.52. The molecule has 4 heterocycles. The zero-order valence-corrected chi connectivity index (χ0v) is 19.4. The molecule has 6 rings (SSSR count). The van der Waals surface area contributed by atoms with Crippen LogP contribution in [0.4, 0.5) is 0 Å². The fourth-order valence-electron chi connectivity index (χ4n) is 4.41. The standard InChI is InChI=1S/C26H23N5O5/c32-23-9-7-20(26-27-25(29-36-26)19-6-8-21-22(14-19)35-16-34-21)28-31(23)15-24(33)30-12-10-18(11-13-30)17-4-2-1-3-5-17/h1-6,8,10,14H,7,9,11-13,15-16H2. The van der Waals surface area contributed by atoms with E-state index in [-0.39, 0.29) is 37.5 Å². The minimum atomic E-state index is -0.208. The van der Waals surface area contributed by atoms with Crippen LogP contribution >= 0.6 is 0 Å². The van der Waals surface area contributed by atoms with Crippen molar-refractivity contribution in [3.63, 3.8) is 0 Å². The molecule has 0 fully saturated rings. The number of benzene rings is 2. The van der Waals surface area contributed by atoms with Crippen LogP contribution in [0.5, 0.6) is 11.5 Å². The van der Waals surface area contributed by atoms with E-state index >= 15 is 0 Å². The van der Waals surface area contributed by atoms with Crippen LogP contribution in [0.2, 0.25) is 0 Å². The highest BCUT2D eigenvalue weighted by Gasteiger charge is 2.28. The molecule has 3 aliphatic heterocycles. The molecule has 0 radical (unpaired) electrons. The van der Waals surface area contributed by atoms with Gasteiger partial charge in [-0.2, -0.15) is 10.1 Å². The van der Waals surface area contributed by atoms with E-state index < -0.39 is 0 Å². The second-order valence-corrected chi connectivity index (χ2v) is 8.67.